The van der Waals surface area contributed by atoms with Crippen LogP contribution in [0.4, 0.5) is 0 Å². The largest absolute Gasteiger partial charge is 0.359 e. The third-order valence-corrected chi connectivity index (χ3v) is 7.74. The van der Waals surface area contributed by atoms with E-state index in [1.165, 1.54) is 0 Å². The predicted molar refractivity (Wildman–Crippen MR) is 84.7 cm³/mol. The lowest BCUT2D eigenvalue weighted by Crippen LogP contribution is -2.67. The Morgan fingerprint density at radius 2 is 1.91 bits per heavy atom. The Morgan fingerprint density at radius 3 is 2.65 bits per heavy atom. The molecule has 4 fully saturated rings. The Hall–Kier alpha value is -0.130. The van der Waals surface area contributed by atoms with Crippen molar-refractivity contribution in [2.75, 3.05) is 13.2 Å². The number of hydrogen-bond donors (Lipinski definition) is 0. The first-order valence-electron chi connectivity index (χ1n) is 8.42. The molecule has 2 saturated carbocycles. The lowest BCUT2D eigenvalue weighted by Gasteiger charge is -2.56. The van der Waals surface area contributed by atoms with E-state index in [2.05, 4.69) is 6.92 Å². The zero-order valence-electron chi connectivity index (χ0n) is 13.0. The molecule has 0 radical (unpaired) electrons. The first-order chi connectivity index (χ1) is 10.9. The van der Waals surface area contributed by atoms with Crippen molar-refractivity contribution >= 4 is 29.0 Å². The highest BCUT2D eigenvalue weighted by Crippen LogP contribution is 2.68. The molecule has 6 heteroatoms. The molecule has 2 bridgehead atoms. The fourth-order valence-electron chi connectivity index (χ4n) is 5.82. The monoisotopic (exact) mass is 358 g/mol. The molecule has 3 heterocycles. The average molecular weight is 359 g/mol. The van der Waals surface area contributed by atoms with Crippen LogP contribution in [0.5, 0.6) is 0 Å². The third kappa shape index (κ3) is 1.63. The molecule has 2 saturated heterocycles. The van der Waals surface area contributed by atoms with E-state index >= 15 is 0 Å². The number of fused-ring (bicyclic) bond motifs is 3. The molecule has 0 amide bonds. The van der Waals surface area contributed by atoms with Gasteiger partial charge in [0.2, 0.25) is 0 Å². The van der Waals surface area contributed by atoms with Crippen molar-refractivity contribution in [2.24, 2.45) is 11.3 Å². The van der Waals surface area contributed by atoms with Gasteiger partial charge in [-0.3, -0.25) is 4.79 Å². The Morgan fingerprint density at radius 1 is 1.17 bits per heavy atom. The SMILES string of the molecule is C[C@@]12CCC3=C[C@@H]4O[C@@]3(C(Cl)C(=O)C4Cl)[C@@H]1C1(CC2)OCCO1. The second kappa shape index (κ2) is 4.53. The maximum atomic E-state index is 12.7. The van der Waals surface area contributed by atoms with Crippen LogP contribution >= 0.6 is 23.2 Å². The summed E-state index contributed by atoms with van der Waals surface area (Å²) in [7, 11) is 0. The molecule has 2 spiro atoms. The number of carbonyl (C=O) groups excluding carboxylic acids is 1. The Kier molecular flexibility index (Phi) is 2.98. The van der Waals surface area contributed by atoms with Crippen molar-refractivity contribution in [1.82, 2.24) is 0 Å². The van der Waals surface area contributed by atoms with Gasteiger partial charge in [-0.25, -0.2) is 0 Å². The summed E-state index contributed by atoms with van der Waals surface area (Å²) < 4.78 is 18.6. The van der Waals surface area contributed by atoms with Crippen molar-refractivity contribution in [3.05, 3.63) is 11.6 Å². The van der Waals surface area contributed by atoms with Gasteiger partial charge in [-0.1, -0.05) is 13.0 Å². The van der Waals surface area contributed by atoms with Gasteiger partial charge >= 0.3 is 0 Å². The van der Waals surface area contributed by atoms with Crippen LogP contribution in [0.25, 0.3) is 0 Å². The van der Waals surface area contributed by atoms with Gasteiger partial charge in [0.05, 0.1) is 19.1 Å². The molecular weight excluding hydrogens is 339 g/mol. The number of hydrogen-bond acceptors (Lipinski definition) is 4. The zero-order valence-corrected chi connectivity index (χ0v) is 14.5. The summed E-state index contributed by atoms with van der Waals surface area (Å²) in [5.41, 5.74) is 0.313. The van der Waals surface area contributed by atoms with Gasteiger partial charge in [0.25, 0.3) is 0 Å². The number of ketones is 1. The van der Waals surface area contributed by atoms with Crippen molar-refractivity contribution in [1.29, 1.82) is 0 Å². The molecule has 0 N–H and O–H groups in total. The molecule has 126 valence electrons. The summed E-state index contributed by atoms with van der Waals surface area (Å²) in [6.07, 6.45) is 5.44. The van der Waals surface area contributed by atoms with Crippen LogP contribution < -0.4 is 0 Å². The predicted octanol–water partition coefficient (Wildman–Crippen LogP) is 2.80. The minimum Gasteiger partial charge on any atom is -0.359 e. The summed E-state index contributed by atoms with van der Waals surface area (Å²) in [6, 6.07) is 0. The minimum atomic E-state index is -0.817. The third-order valence-electron chi connectivity index (χ3n) is 6.74. The van der Waals surface area contributed by atoms with Gasteiger partial charge in [0.15, 0.2) is 11.6 Å². The molecule has 23 heavy (non-hydrogen) atoms. The second-order valence-electron chi connectivity index (χ2n) is 7.83. The van der Waals surface area contributed by atoms with Crippen LogP contribution in [-0.2, 0) is 19.0 Å². The van der Waals surface area contributed by atoms with Crippen molar-refractivity contribution in [3.8, 4) is 0 Å². The highest BCUT2D eigenvalue weighted by atomic mass is 35.5. The van der Waals surface area contributed by atoms with E-state index in [-0.39, 0.29) is 23.2 Å². The fraction of sp³-hybridized carbons (Fsp3) is 0.824. The molecule has 6 atom stereocenters. The number of halogens is 2. The second-order valence-corrected chi connectivity index (χ2v) is 8.74. The molecule has 0 aromatic heterocycles. The van der Waals surface area contributed by atoms with Crippen molar-refractivity contribution in [2.45, 2.75) is 60.9 Å². The molecule has 2 unspecified atom stereocenters. The van der Waals surface area contributed by atoms with Crippen molar-refractivity contribution in [3.63, 3.8) is 0 Å². The van der Waals surface area contributed by atoms with Gasteiger partial charge in [0.1, 0.15) is 22.5 Å². The highest BCUT2D eigenvalue weighted by Gasteiger charge is 2.74. The zero-order chi connectivity index (χ0) is 16.0. The molecule has 5 rings (SSSR count). The van der Waals surface area contributed by atoms with Crippen LogP contribution in [0, 0.1) is 11.3 Å². The van der Waals surface area contributed by atoms with E-state index in [0.29, 0.717) is 13.2 Å². The summed E-state index contributed by atoms with van der Waals surface area (Å²) in [4.78, 5) is 12.7. The first-order valence-corrected chi connectivity index (χ1v) is 9.29. The summed E-state index contributed by atoms with van der Waals surface area (Å²) >= 11 is 13.0. The molecule has 2 aliphatic carbocycles. The summed E-state index contributed by atoms with van der Waals surface area (Å²) in [6.45, 7) is 3.44. The van der Waals surface area contributed by atoms with E-state index in [1.54, 1.807) is 0 Å². The average Bonchev–Trinajstić information content (AvgIpc) is 3.21. The number of ether oxygens (including phenoxy) is 3. The molecular formula is C17H20Cl2O4. The standard InChI is InChI=1S/C17H20Cl2O4/c1-15-3-2-9-8-10-11(18)12(20)13(19)17(9,23-10)14(15)16(5-4-15)21-6-7-22-16/h8,10-11,13-14H,2-7H2,1H3/t10-,11?,13?,14-,15-,17-/m0/s1. The Bertz CT molecular complexity index is 614. The summed E-state index contributed by atoms with van der Waals surface area (Å²) in [5, 5.41) is -1.47. The number of Topliss-reactive ketones (excluding diaryl/α,β-unsaturated/α-hetero) is 1. The van der Waals surface area contributed by atoms with Crippen LogP contribution in [0.3, 0.4) is 0 Å². The fourth-order valence-corrected chi connectivity index (χ4v) is 6.58. The minimum absolute atomic E-state index is 0.00311. The molecule has 5 aliphatic rings. The first kappa shape index (κ1) is 15.2. The van der Waals surface area contributed by atoms with Gasteiger partial charge < -0.3 is 14.2 Å². The number of carbonyl (C=O) groups is 1. The maximum Gasteiger partial charge on any atom is 0.174 e. The topological polar surface area (TPSA) is 44.8 Å². The van der Waals surface area contributed by atoms with E-state index in [1.807, 2.05) is 6.08 Å². The van der Waals surface area contributed by atoms with Gasteiger partial charge in [-0.2, -0.15) is 0 Å². The normalized spacial score (nSPS) is 53.3. The number of rotatable bonds is 0. The van der Waals surface area contributed by atoms with Crippen LogP contribution in [0.1, 0.15) is 32.6 Å². The summed E-state index contributed by atoms with van der Waals surface area (Å²) in [5.74, 6) is -0.860. The van der Waals surface area contributed by atoms with E-state index < -0.39 is 22.1 Å². The van der Waals surface area contributed by atoms with Gasteiger partial charge in [0, 0.05) is 6.42 Å². The smallest absolute Gasteiger partial charge is 0.174 e. The van der Waals surface area contributed by atoms with E-state index in [9.17, 15) is 4.79 Å². The van der Waals surface area contributed by atoms with Gasteiger partial charge in [-0.15, -0.1) is 23.2 Å². The maximum absolute atomic E-state index is 12.7. The lowest BCUT2D eigenvalue weighted by molar-refractivity contribution is -0.253. The van der Waals surface area contributed by atoms with Gasteiger partial charge in [-0.05, 0) is 30.3 Å². The van der Waals surface area contributed by atoms with E-state index in [4.69, 9.17) is 37.4 Å². The number of alkyl halides is 2. The Balaban J connectivity index is 1.70. The van der Waals surface area contributed by atoms with Crippen LogP contribution in [-0.4, -0.2) is 47.2 Å². The van der Waals surface area contributed by atoms with Crippen LogP contribution in [0.15, 0.2) is 11.6 Å². The van der Waals surface area contributed by atoms with Crippen molar-refractivity contribution < 1.29 is 19.0 Å². The molecule has 0 aromatic rings. The molecule has 0 aromatic carbocycles. The van der Waals surface area contributed by atoms with Crippen LogP contribution in [0.2, 0.25) is 0 Å². The van der Waals surface area contributed by atoms with E-state index in [0.717, 1.165) is 31.3 Å². The quantitative estimate of drug-likeness (QED) is 0.493. The molecule has 4 nitrogen and oxygen atoms in total. The highest BCUT2D eigenvalue weighted by molar-refractivity contribution is 6.42. The lowest BCUT2D eigenvalue weighted by atomic mass is 9.57. The Labute approximate surface area is 145 Å². The molecule has 3 aliphatic heterocycles.